The smallest absolute Gasteiger partial charge is 0.335 e. The van der Waals surface area contributed by atoms with Gasteiger partial charge in [0.15, 0.2) is 0 Å². The number of unbranched alkanes of at least 4 members (excludes halogenated alkanes) is 2. The number of aromatic carboxylic acids is 1. The Hall–Kier alpha value is -2.82. The van der Waals surface area contributed by atoms with Gasteiger partial charge in [0.05, 0.1) is 18.1 Å². The summed E-state index contributed by atoms with van der Waals surface area (Å²) >= 11 is 0. The molecule has 0 saturated heterocycles. The van der Waals surface area contributed by atoms with Crippen molar-refractivity contribution < 1.29 is 24.2 Å². The van der Waals surface area contributed by atoms with E-state index in [-0.39, 0.29) is 16.9 Å². The standard InChI is InChI=1S/C25H30O5/c1-4-5-6-7-20(24(28)30-19-11-8-17(9-12-19)23(26)27)18-10-13-21-22(16-18)29-15-14-25(21,2)3/h8-13,16,20H,4-7,14-15H2,1-3H3,(H,26,27). The predicted octanol–water partition coefficient (Wildman–Crippen LogP) is 5.71. The summed E-state index contributed by atoms with van der Waals surface area (Å²) in [7, 11) is 0. The number of hydrogen-bond acceptors (Lipinski definition) is 4. The number of carbonyl (C=O) groups excluding carboxylic acids is 1. The van der Waals surface area contributed by atoms with Crippen LogP contribution in [0.4, 0.5) is 0 Å². The maximum atomic E-state index is 13.0. The van der Waals surface area contributed by atoms with Crippen molar-refractivity contribution in [2.75, 3.05) is 6.61 Å². The van der Waals surface area contributed by atoms with Gasteiger partial charge >= 0.3 is 11.9 Å². The summed E-state index contributed by atoms with van der Waals surface area (Å²) in [4.78, 5) is 24.1. The third-order valence-corrected chi connectivity index (χ3v) is 5.82. The Bertz CT molecular complexity index is 898. The third kappa shape index (κ3) is 5.02. The molecule has 0 aliphatic carbocycles. The van der Waals surface area contributed by atoms with Crippen molar-refractivity contribution in [1.29, 1.82) is 0 Å². The fraction of sp³-hybridized carbons (Fsp3) is 0.440. The number of benzene rings is 2. The van der Waals surface area contributed by atoms with E-state index in [0.29, 0.717) is 18.8 Å². The molecule has 0 amide bonds. The lowest BCUT2D eigenvalue weighted by Gasteiger charge is -2.33. The van der Waals surface area contributed by atoms with Crippen molar-refractivity contribution in [3.05, 3.63) is 59.2 Å². The lowest BCUT2D eigenvalue weighted by Crippen LogP contribution is -2.27. The van der Waals surface area contributed by atoms with Crippen molar-refractivity contribution in [1.82, 2.24) is 0 Å². The largest absolute Gasteiger partial charge is 0.493 e. The fourth-order valence-corrected chi connectivity index (χ4v) is 3.86. The van der Waals surface area contributed by atoms with Crippen LogP contribution in [-0.2, 0) is 10.2 Å². The maximum Gasteiger partial charge on any atom is 0.335 e. The molecule has 0 radical (unpaired) electrons. The van der Waals surface area contributed by atoms with E-state index in [1.165, 1.54) is 29.8 Å². The molecule has 1 unspecified atom stereocenters. The van der Waals surface area contributed by atoms with Gasteiger partial charge in [0.2, 0.25) is 0 Å². The van der Waals surface area contributed by atoms with Crippen LogP contribution in [-0.4, -0.2) is 23.7 Å². The molecule has 1 atom stereocenters. The first kappa shape index (κ1) is 21.9. The molecular formula is C25H30O5. The Kier molecular flexibility index (Phi) is 6.80. The minimum atomic E-state index is -1.01. The van der Waals surface area contributed by atoms with Gasteiger partial charge in [-0.25, -0.2) is 4.79 Å². The number of rotatable bonds is 8. The molecule has 1 heterocycles. The fourth-order valence-electron chi connectivity index (χ4n) is 3.86. The zero-order valence-electron chi connectivity index (χ0n) is 17.9. The number of ether oxygens (including phenoxy) is 2. The summed E-state index contributed by atoms with van der Waals surface area (Å²) in [5.74, 6) is -0.537. The van der Waals surface area contributed by atoms with Crippen molar-refractivity contribution >= 4 is 11.9 Å². The van der Waals surface area contributed by atoms with Crippen LogP contribution in [0.5, 0.6) is 11.5 Å². The molecule has 0 aromatic heterocycles. The average Bonchev–Trinajstić information content (AvgIpc) is 2.71. The van der Waals surface area contributed by atoms with Crippen LogP contribution >= 0.6 is 0 Å². The predicted molar refractivity (Wildman–Crippen MR) is 115 cm³/mol. The Balaban J connectivity index is 1.83. The molecule has 5 heteroatoms. The molecule has 2 aromatic carbocycles. The van der Waals surface area contributed by atoms with Crippen LogP contribution in [0.3, 0.4) is 0 Å². The first-order valence-electron chi connectivity index (χ1n) is 10.6. The number of hydrogen-bond donors (Lipinski definition) is 1. The third-order valence-electron chi connectivity index (χ3n) is 5.82. The van der Waals surface area contributed by atoms with E-state index in [4.69, 9.17) is 14.6 Å². The lowest BCUT2D eigenvalue weighted by atomic mass is 9.78. The zero-order valence-corrected chi connectivity index (χ0v) is 17.9. The number of fused-ring (bicyclic) bond motifs is 1. The highest BCUT2D eigenvalue weighted by Gasteiger charge is 2.30. The molecule has 2 aromatic rings. The minimum absolute atomic E-state index is 0.0518. The molecule has 1 aliphatic heterocycles. The number of carboxylic acid groups (broad SMARTS) is 1. The van der Waals surface area contributed by atoms with Crippen LogP contribution in [0.15, 0.2) is 42.5 Å². The highest BCUT2D eigenvalue weighted by molar-refractivity contribution is 5.88. The number of carboxylic acids is 1. The SMILES string of the molecule is CCCCCC(C(=O)Oc1ccc(C(=O)O)cc1)c1ccc2c(c1)OCCC2(C)C. The molecule has 0 fully saturated rings. The summed E-state index contributed by atoms with van der Waals surface area (Å²) in [6.07, 6.45) is 4.71. The first-order valence-corrected chi connectivity index (χ1v) is 10.6. The van der Waals surface area contributed by atoms with Gasteiger partial charge in [-0.05, 0) is 59.7 Å². The number of carbonyl (C=O) groups is 2. The van der Waals surface area contributed by atoms with E-state index < -0.39 is 11.9 Å². The monoisotopic (exact) mass is 410 g/mol. The quantitative estimate of drug-likeness (QED) is 0.343. The van der Waals surface area contributed by atoms with Crippen molar-refractivity contribution in [2.24, 2.45) is 0 Å². The van der Waals surface area contributed by atoms with Gasteiger partial charge in [-0.3, -0.25) is 4.79 Å². The van der Waals surface area contributed by atoms with E-state index >= 15 is 0 Å². The minimum Gasteiger partial charge on any atom is -0.493 e. The molecule has 0 saturated carbocycles. The van der Waals surface area contributed by atoms with Gasteiger partial charge in [0, 0.05) is 0 Å². The second kappa shape index (κ2) is 9.33. The molecule has 30 heavy (non-hydrogen) atoms. The summed E-state index contributed by atoms with van der Waals surface area (Å²) in [6, 6.07) is 12.0. The summed E-state index contributed by atoms with van der Waals surface area (Å²) < 4.78 is 11.5. The molecule has 160 valence electrons. The van der Waals surface area contributed by atoms with Gasteiger partial charge in [0.25, 0.3) is 0 Å². The Morgan fingerprint density at radius 3 is 2.53 bits per heavy atom. The second-order valence-electron chi connectivity index (χ2n) is 8.54. The van der Waals surface area contributed by atoms with Gasteiger partial charge in [-0.1, -0.05) is 52.2 Å². The molecular weight excluding hydrogens is 380 g/mol. The van der Waals surface area contributed by atoms with Crippen molar-refractivity contribution in [2.45, 2.75) is 64.2 Å². The van der Waals surface area contributed by atoms with Gasteiger partial charge in [-0.15, -0.1) is 0 Å². The van der Waals surface area contributed by atoms with Crippen LogP contribution in [0, 0.1) is 0 Å². The highest BCUT2D eigenvalue weighted by Crippen LogP contribution is 2.40. The Morgan fingerprint density at radius 1 is 1.13 bits per heavy atom. The maximum absolute atomic E-state index is 13.0. The summed E-state index contributed by atoms with van der Waals surface area (Å²) in [5.41, 5.74) is 2.27. The molecule has 0 spiro atoms. The Morgan fingerprint density at radius 2 is 1.87 bits per heavy atom. The van der Waals surface area contributed by atoms with Crippen LogP contribution in [0.25, 0.3) is 0 Å². The summed E-state index contributed by atoms with van der Waals surface area (Å²) in [6.45, 7) is 7.22. The average molecular weight is 411 g/mol. The van der Waals surface area contributed by atoms with E-state index in [1.54, 1.807) is 0 Å². The lowest BCUT2D eigenvalue weighted by molar-refractivity contribution is -0.136. The Labute approximate surface area is 178 Å². The molecule has 3 rings (SSSR count). The molecule has 1 aliphatic rings. The molecule has 1 N–H and O–H groups in total. The van der Waals surface area contributed by atoms with Gasteiger partial charge < -0.3 is 14.6 Å². The van der Waals surface area contributed by atoms with Gasteiger partial charge in [0.1, 0.15) is 11.5 Å². The molecule has 5 nitrogen and oxygen atoms in total. The highest BCUT2D eigenvalue weighted by atomic mass is 16.5. The van der Waals surface area contributed by atoms with Crippen LogP contribution in [0.1, 0.15) is 80.3 Å². The first-order chi connectivity index (χ1) is 14.3. The van der Waals surface area contributed by atoms with E-state index in [1.807, 2.05) is 12.1 Å². The van der Waals surface area contributed by atoms with Crippen molar-refractivity contribution in [3.8, 4) is 11.5 Å². The van der Waals surface area contributed by atoms with Crippen LogP contribution < -0.4 is 9.47 Å². The second-order valence-corrected chi connectivity index (χ2v) is 8.54. The van der Waals surface area contributed by atoms with Crippen LogP contribution in [0.2, 0.25) is 0 Å². The molecule has 0 bridgehead atoms. The normalized spacial score (nSPS) is 15.6. The van der Waals surface area contributed by atoms with Crippen molar-refractivity contribution in [3.63, 3.8) is 0 Å². The van der Waals surface area contributed by atoms with E-state index in [2.05, 4.69) is 26.8 Å². The topological polar surface area (TPSA) is 72.8 Å². The zero-order chi connectivity index (χ0) is 21.7. The number of esters is 1. The van der Waals surface area contributed by atoms with E-state index in [0.717, 1.165) is 37.0 Å². The summed E-state index contributed by atoms with van der Waals surface area (Å²) in [5, 5.41) is 9.03. The van der Waals surface area contributed by atoms with E-state index in [9.17, 15) is 9.59 Å². The van der Waals surface area contributed by atoms with Gasteiger partial charge in [-0.2, -0.15) is 0 Å².